The van der Waals surface area contributed by atoms with Crippen molar-refractivity contribution in [1.82, 2.24) is 10.3 Å². The van der Waals surface area contributed by atoms with Gasteiger partial charge in [0.1, 0.15) is 5.75 Å². The number of benzene rings is 2. The van der Waals surface area contributed by atoms with Crippen molar-refractivity contribution in [3.05, 3.63) is 69.9 Å². The van der Waals surface area contributed by atoms with Crippen LogP contribution in [0, 0.1) is 6.92 Å². The van der Waals surface area contributed by atoms with E-state index in [-0.39, 0.29) is 11.3 Å². The predicted molar refractivity (Wildman–Crippen MR) is 114 cm³/mol. The average Bonchev–Trinajstić information content (AvgIpc) is 2.66. The van der Waals surface area contributed by atoms with Crippen molar-refractivity contribution in [2.75, 3.05) is 7.11 Å². The van der Waals surface area contributed by atoms with E-state index in [0.29, 0.717) is 17.1 Å². The number of amides is 1. The van der Waals surface area contributed by atoms with Gasteiger partial charge in [0.25, 0.3) is 5.91 Å². The maximum absolute atomic E-state index is 12.6. The van der Waals surface area contributed by atoms with Crippen LogP contribution in [0.1, 0.15) is 48.0 Å². The zero-order valence-corrected chi connectivity index (χ0v) is 17.6. The second-order valence-corrected chi connectivity index (χ2v) is 8.36. The lowest BCUT2D eigenvalue weighted by atomic mass is 9.91. The summed E-state index contributed by atoms with van der Waals surface area (Å²) in [6.07, 6.45) is 0. The minimum absolute atomic E-state index is 0.0139. The molecule has 0 bridgehead atoms. The van der Waals surface area contributed by atoms with E-state index < -0.39 is 0 Å². The third kappa shape index (κ3) is 4.28. The Hall–Kier alpha value is -2.59. The molecule has 0 aliphatic carbocycles. The lowest BCUT2D eigenvalue weighted by Crippen LogP contribution is -2.23. The SMILES string of the molecule is COc1cc(Cl)c(CNC(=O)c2ccc3nc(C(C)(C)C)ccc3c2)cc1C. The molecular formula is C23H25ClN2O2. The highest BCUT2D eigenvalue weighted by Crippen LogP contribution is 2.27. The summed E-state index contributed by atoms with van der Waals surface area (Å²) in [7, 11) is 1.61. The normalized spacial score (nSPS) is 11.5. The molecule has 0 unspecified atom stereocenters. The summed E-state index contributed by atoms with van der Waals surface area (Å²) in [6.45, 7) is 8.70. The van der Waals surface area contributed by atoms with Gasteiger partial charge in [-0.1, -0.05) is 38.4 Å². The zero-order valence-electron chi connectivity index (χ0n) is 16.9. The van der Waals surface area contributed by atoms with Crippen molar-refractivity contribution in [2.45, 2.75) is 39.7 Å². The Labute approximate surface area is 170 Å². The van der Waals surface area contributed by atoms with E-state index in [1.807, 2.05) is 37.3 Å². The summed E-state index contributed by atoms with van der Waals surface area (Å²) < 4.78 is 5.27. The van der Waals surface area contributed by atoms with Gasteiger partial charge in [0.2, 0.25) is 0 Å². The number of rotatable bonds is 4. The highest BCUT2D eigenvalue weighted by molar-refractivity contribution is 6.31. The minimum Gasteiger partial charge on any atom is -0.496 e. The van der Waals surface area contributed by atoms with Crippen molar-refractivity contribution in [1.29, 1.82) is 0 Å². The third-order valence-corrected chi connectivity index (χ3v) is 5.07. The third-order valence-electron chi connectivity index (χ3n) is 4.72. The van der Waals surface area contributed by atoms with Gasteiger partial charge in [-0.2, -0.15) is 0 Å². The maximum Gasteiger partial charge on any atom is 0.251 e. The molecule has 0 saturated carbocycles. The van der Waals surface area contributed by atoms with Gasteiger partial charge >= 0.3 is 0 Å². The second kappa shape index (κ2) is 7.80. The number of aryl methyl sites for hydroxylation is 1. The average molecular weight is 397 g/mol. The van der Waals surface area contributed by atoms with E-state index in [2.05, 4.69) is 26.1 Å². The lowest BCUT2D eigenvalue weighted by molar-refractivity contribution is 0.0951. The first kappa shape index (κ1) is 20.2. The largest absolute Gasteiger partial charge is 0.496 e. The number of hydrogen-bond donors (Lipinski definition) is 1. The van der Waals surface area contributed by atoms with Crippen LogP contribution in [0.5, 0.6) is 5.75 Å². The summed E-state index contributed by atoms with van der Waals surface area (Å²) >= 11 is 6.30. The molecule has 2 aromatic carbocycles. The molecule has 28 heavy (non-hydrogen) atoms. The number of pyridine rings is 1. The standard InChI is InChI=1S/C23H25ClN2O2/c1-14-10-17(18(24)12-20(14)28-5)13-25-22(27)16-6-8-19-15(11-16)7-9-21(26-19)23(2,3)4/h6-12H,13H2,1-5H3,(H,25,27). The number of nitrogens with zero attached hydrogens (tertiary/aromatic N) is 1. The highest BCUT2D eigenvalue weighted by Gasteiger charge is 2.16. The first-order chi connectivity index (χ1) is 13.2. The molecule has 1 amide bonds. The van der Waals surface area contributed by atoms with E-state index in [1.54, 1.807) is 19.2 Å². The van der Waals surface area contributed by atoms with Crippen LogP contribution in [0.2, 0.25) is 5.02 Å². The quantitative estimate of drug-likeness (QED) is 0.639. The van der Waals surface area contributed by atoms with Crippen LogP contribution in [0.3, 0.4) is 0 Å². The fourth-order valence-electron chi connectivity index (χ4n) is 3.04. The number of methoxy groups -OCH3 is 1. The van der Waals surface area contributed by atoms with Crippen molar-refractivity contribution in [3.8, 4) is 5.75 Å². The van der Waals surface area contributed by atoms with Crippen molar-refractivity contribution in [3.63, 3.8) is 0 Å². The molecule has 4 nitrogen and oxygen atoms in total. The van der Waals surface area contributed by atoms with Crippen LogP contribution in [0.25, 0.3) is 10.9 Å². The number of carbonyl (C=O) groups excluding carboxylic acids is 1. The molecular weight excluding hydrogens is 372 g/mol. The summed E-state index contributed by atoms with van der Waals surface area (Å²) in [5.41, 5.74) is 4.33. The summed E-state index contributed by atoms with van der Waals surface area (Å²) in [6, 6.07) is 13.3. The smallest absolute Gasteiger partial charge is 0.251 e. The first-order valence-electron chi connectivity index (χ1n) is 9.21. The number of ether oxygens (including phenoxy) is 1. The molecule has 0 atom stereocenters. The van der Waals surface area contributed by atoms with Gasteiger partial charge in [-0.15, -0.1) is 0 Å². The Morgan fingerprint density at radius 3 is 2.57 bits per heavy atom. The summed E-state index contributed by atoms with van der Waals surface area (Å²) in [5, 5.41) is 4.45. The number of fused-ring (bicyclic) bond motifs is 1. The van der Waals surface area contributed by atoms with E-state index in [9.17, 15) is 4.79 Å². The predicted octanol–water partition coefficient (Wildman–Crippen LogP) is 5.43. The van der Waals surface area contributed by atoms with Gasteiger partial charge in [-0.3, -0.25) is 9.78 Å². The van der Waals surface area contributed by atoms with E-state index in [4.69, 9.17) is 21.3 Å². The van der Waals surface area contributed by atoms with Gasteiger partial charge in [-0.25, -0.2) is 0 Å². The highest BCUT2D eigenvalue weighted by atomic mass is 35.5. The molecule has 0 saturated heterocycles. The summed E-state index contributed by atoms with van der Waals surface area (Å²) in [5.74, 6) is 0.586. The molecule has 0 radical (unpaired) electrons. The summed E-state index contributed by atoms with van der Waals surface area (Å²) in [4.78, 5) is 17.3. The molecule has 0 aliphatic heterocycles. The maximum atomic E-state index is 12.6. The van der Waals surface area contributed by atoms with Crippen LogP contribution in [-0.4, -0.2) is 18.0 Å². The fourth-order valence-corrected chi connectivity index (χ4v) is 3.26. The first-order valence-corrected chi connectivity index (χ1v) is 9.59. The molecule has 3 rings (SSSR count). The molecule has 146 valence electrons. The number of nitrogens with one attached hydrogen (secondary N) is 1. The van der Waals surface area contributed by atoms with Crippen molar-refractivity contribution < 1.29 is 9.53 Å². The van der Waals surface area contributed by atoms with E-state index >= 15 is 0 Å². The Morgan fingerprint density at radius 1 is 1.14 bits per heavy atom. The number of hydrogen-bond acceptors (Lipinski definition) is 3. The Morgan fingerprint density at radius 2 is 1.89 bits per heavy atom. The topological polar surface area (TPSA) is 51.2 Å². The van der Waals surface area contributed by atoms with Crippen LogP contribution < -0.4 is 10.1 Å². The number of halogens is 1. The van der Waals surface area contributed by atoms with Crippen LogP contribution >= 0.6 is 11.6 Å². The van der Waals surface area contributed by atoms with Gasteiger partial charge in [-0.05, 0) is 54.4 Å². The lowest BCUT2D eigenvalue weighted by Gasteiger charge is -2.18. The molecule has 0 spiro atoms. The van der Waals surface area contributed by atoms with Crippen LogP contribution in [0.15, 0.2) is 42.5 Å². The van der Waals surface area contributed by atoms with E-state index in [1.165, 1.54) is 0 Å². The second-order valence-electron chi connectivity index (χ2n) is 7.95. The molecule has 5 heteroatoms. The molecule has 1 aromatic heterocycles. The van der Waals surface area contributed by atoms with E-state index in [0.717, 1.165) is 33.5 Å². The number of carbonyl (C=O) groups is 1. The van der Waals surface area contributed by atoms with Crippen LogP contribution in [-0.2, 0) is 12.0 Å². The Balaban J connectivity index is 1.78. The molecule has 1 heterocycles. The van der Waals surface area contributed by atoms with Crippen molar-refractivity contribution in [2.24, 2.45) is 0 Å². The Bertz CT molecular complexity index is 1040. The molecule has 3 aromatic rings. The molecule has 0 fully saturated rings. The van der Waals surface area contributed by atoms with Crippen molar-refractivity contribution >= 4 is 28.4 Å². The van der Waals surface area contributed by atoms with Gasteiger partial charge < -0.3 is 10.1 Å². The molecule has 1 N–H and O–H groups in total. The minimum atomic E-state index is -0.147. The monoisotopic (exact) mass is 396 g/mol. The van der Waals surface area contributed by atoms with Gasteiger partial charge in [0, 0.05) is 33.6 Å². The fraction of sp³-hybridized carbons (Fsp3) is 0.304. The zero-order chi connectivity index (χ0) is 20.5. The van der Waals surface area contributed by atoms with Crippen LogP contribution in [0.4, 0.5) is 0 Å². The number of aromatic nitrogens is 1. The Kier molecular flexibility index (Phi) is 5.61. The van der Waals surface area contributed by atoms with Gasteiger partial charge in [0.05, 0.1) is 12.6 Å². The van der Waals surface area contributed by atoms with Gasteiger partial charge in [0.15, 0.2) is 0 Å². The molecule has 0 aliphatic rings.